The molecule has 1 aliphatic heterocycles. The summed E-state index contributed by atoms with van der Waals surface area (Å²) in [6, 6.07) is 14.1. The van der Waals surface area contributed by atoms with Gasteiger partial charge < -0.3 is 0 Å². The Hall–Kier alpha value is -3.59. The molecule has 1 aromatic heterocycles. The number of aromatic nitrogens is 3. The van der Waals surface area contributed by atoms with E-state index < -0.39 is 0 Å². The topological polar surface area (TPSA) is 91.8 Å². The Bertz CT molecular complexity index is 1350. The first-order valence-electron chi connectivity index (χ1n) is 11.0. The molecule has 164 valence electrons. The van der Waals surface area contributed by atoms with Crippen molar-refractivity contribution in [2.75, 3.05) is 6.54 Å². The van der Waals surface area contributed by atoms with Crippen LogP contribution < -0.4 is 0 Å². The van der Waals surface area contributed by atoms with Gasteiger partial charge in [-0.25, -0.2) is 0 Å². The third-order valence-corrected chi connectivity index (χ3v) is 6.26. The maximum atomic E-state index is 8.36. The normalized spacial score (nSPS) is 14.8. The van der Waals surface area contributed by atoms with E-state index in [1.807, 2.05) is 37.3 Å². The second-order valence-electron chi connectivity index (χ2n) is 8.35. The average molecular weight is 456 g/mol. The van der Waals surface area contributed by atoms with Gasteiger partial charge in [0, 0.05) is 39.6 Å². The highest BCUT2D eigenvalue weighted by atomic mass is 35.5. The Morgan fingerprint density at radius 2 is 1.97 bits per heavy atom. The monoisotopic (exact) mass is 455 g/mol. The molecule has 1 fully saturated rings. The molecule has 5 rings (SSSR count). The van der Waals surface area contributed by atoms with Crippen molar-refractivity contribution in [3.05, 3.63) is 86.3 Å². The summed E-state index contributed by atoms with van der Waals surface area (Å²) in [4.78, 5) is 8.04. The minimum absolute atomic E-state index is 0.326. The van der Waals surface area contributed by atoms with E-state index in [1.165, 1.54) is 0 Å². The molecule has 3 aromatic rings. The Labute approximate surface area is 197 Å². The largest absolute Gasteiger partial charge is 0.280 e. The highest BCUT2D eigenvalue weighted by Crippen LogP contribution is 2.51. The lowest BCUT2D eigenvalue weighted by molar-refractivity contribution is 0.659. The molecule has 33 heavy (non-hydrogen) atoms. The number of unbranched alkanes of at least 4 members (excludes halogenated alkanes) is 2. The third kappa shape index (κ3) is 4.11. The first-order valence-corrected chi connectivity index (χ1v) is 11.4. The molecule has 1 saturated carbocycles. The predicted octanol–water partition coefficient (Wildman–Crippen LogP) is 5.90. The van der Waals surface area contributed by atoms with E-state index in [-0.39, 0.29) is 5.54 Å². The van der Waals surface area contributed by atoms with Crippen LogP contribution in [0.2, 0.25) is 5.02 Å². The smallest absolute Gasteiger partial charge is 0.165 e. The first-order chi connectivity index (χ1) is 16.1. The molecule has 0 N–H and O–H groups in total. The predicted molar refractivity (Wildman–Crippen MR) is 129 cm³/mol. The fourth-order valence-electron chi connectivity index (χ4n) is 4.16. The quantitative estimate of drug-likeness (QED) is 0.157. The lowest BCUT2D eigenvalue weighted by Crippen LogP contribution is -2.11. The molecule has 2 aromatic carbocycles. The van der Waals surface area contributed by atoms with Gasteiger partial charge in [0.2, 0.25) is 0 Å². The van der Waals surface area contributed by atoms with Gasteiger partial charge in [-0.1, -0.05) is 40.7 Å². The Kier molecular flexibility index (Phi) is 5.63. The molecule has 8 heteroatoms. The zero-order valence-corrected chi connectivity index (χ0v) is 19.0. The van der Waals surface area contributed by atoms with Crippen molar-refractivity contribution in [1.29, 1.82) is 0 Å². The summed E-state index contributed by atoms with van der Waals surface area (Å²) >= 11 is 6.16. The lowest BCUT2D eigenvalue weighted by atomic mass is 9.98. The van der Waals surface area contributed by atoms with E-state index in [0.717, 1.165) is 71.8 Å². The molecular weight excluding hydrogens is 434 g/mol. The van der Waals surface area contributed by atoms with Crippen LogP contribution in [0.25, 0.3) is 16.1 Å². The number of hydrogen-bond acceptors (Lipinski definition) is 4. The van der Waals surface area contributed by atoms with E-state index in [0.29, 0.717) is 11.6 Å². The zero-order valence-electron chi connectivity index (χ0n) is 18.3. The molecular formula is C25H22ClN7. The van der Waals surface area contributed by atoms with Crippen molar-refractivity contribution in [1.82, 2.24) is 14.8 Å². The van der Waals surface area contributed by atoms with Gasteiger partial charge in [-0.3, -0.25) is 9.56 Å². The first kappa shape index (κ1) is 21.3. The molecule has 7 nitrogen and oxygen atoms in total. The van der Waals surface area contributed by atoms with Crippen molar-refractivity contribution < 1.29 is 0 Å². The summed E-state index contributed by atoms with van der Waals surface area (Å²) in [7, 11) is 0. The maximum Gasteiger partial charge on any atom is 0.165 e. The summed E-state index contributed by atoms with van der Waals surface area (Å²) in [5.41, 5.74) is 13.0. The van der Waals surface area contributed by atoms with E-state index in [9.17, 15) is 0 Å². The molecule has 0 bridgehead atoms. The molecule has 0 unspecified atom stereocenters. The van der Waals surface area contributed by atoms with Crippen molar-refractivity contribution in [2.45, 2.75) is 44.6 Å². The van der Waals surface area contributed by atoms with Crippen LogP contribution in [0.3, 0.4) is 0 Å². The van der Waals surface area contributed by atoms with E-state index >= 15 is 0 Å². The number of halogens is 1. The number of fused-ring (bicyclic) bond motifs is 4. The van der Waals surface area contributed by atoms with Crippen molar-refractivity contribution in [3.8, 4) is 17.5 Å². The summed E-state index contributed by atoms with van der Waals surface area (Å²) in [5, 5.41) is 13.1. The SMILES string of the molecule is Cc1nnc2n1-c1ccc(C#CCCCCN=[N+]=[N-])cc1C(c1ccc(Cl)cc1)=NC21CC1. The van der Waals surface area contributed by atoms with Crippen LogP contribution in [0.5, 0.6) is 0 Å². The second-order valence-corrected chi connectivity index (χ2v) is 8.79. The summed E-state index contributed by atoms with van der Waals surface area (Å²) in [6.07, 6.45) is 4.42. The van der Waals surface area contributed by atoms with Crippen LogP contribution in [0.4, 0.5) is 0 Å². The minimum Gasteiger partial charge on any atom is -0.280 e. The molecule has 0 atom stereocenters. The van der Waals surface area contributed by atoms with E-state index in [4.69, 9.17) is 22.1 Å². The number of azide groups is 1. The number of hydrogen-bond donors (Lipinski definition) is 0. The number of aryl methyl sites for hydroxylation is 1. The molecule has 0 saturated heterocycles. The van der Waals surface area contributed by atoms with Crippen molar-refractivity contribution in [3.63, 3.8) is 0 Å². The zero-order chi connectivity index (χ0) is 22.8. The molecule has 2 heterocycles. The lowest BCUT2D eigenvalue weighted by Gasteiger charge is -2.13. The Morgan fingerprint density at radius 3 is 2.73 bits per heavy atom. The van der Waals surface area contributed by atoms with Gasteiger partial charge in [0.05, 0.1) is 11.4 Å². The third-order valence-electron chi connectivity index (χ3n) is 6.01. The highest BCUT2D eigenvalue weighted by molar-refractivity contribution is 6.30. The van der Waals surface area contributed by atoms with Gasteiger partial charge >= 0.3 is 0 Å². The van der Waals surface area contributed by atoms with Gasteiger partial charge in [0.15, 0.2) is 5.82 Å². The van der Waals surface area contributed by atoms with Gasteiger partial charge in [-0.2, -0.15) is 0 Å². The van der Waals surface area contributed by atoms with Crippen LogP contribution >= 0.6 is 11.6 Å². The standard InChI is InChI=1S/C25H22ClN7/c1-17-30-31-24-25(13-14-25)29-23(19-8-10-20(26)11-9-19)21-16-18(7-12-22(21)33(17)24)6-4-2-3-5-15-28-32-27/h7-12,16H,2-3,5,13-15H2,1H3. The average Bonchev–Trinajstić information content (AvgIpc) is 3.53. The van der Waals surface area contributed by atoms with E-state index in [2.05, 4.69) is 48.8 Å². The number of nitrogens with zero attached hydrogens (tertiary/aromatic N) is 7. The summed E-state index contributed by atoms with van der Waals surface area (Å²) in [5.74, 6) is 8.29. The summed E-state index contributed by atoms with van der Waals surface area (Å²) in [6.45, 7) is 2.49. The van der Waals surface area contributed by atoms with Crippen LogP contribution in [0, 0.1) is 18.8 Å². The molecule has 2 aliphatic rings. The fourth-order valence-corrected chi connectivity index (χ4v) is 4.29. The molecule has 0 amide bonds. The Morgan fingerprint density at radius 1 is 1.15 bits per heavy atom. The highest BCUT2D eigenvalue weighted by Gasteiger charge is 2.51. The van der Waals surface area contributed by atoms with Gasteiger partial charge in [0.1, 0.15) is 11.4 Å². The number of rotatable bonds is 5. The minimum atomic E-state index is -0.326. The van der Waals surface area contributed by atoms with Gasteiger partial charge in [-0.05, 0) is 68.5 Å². The number of aliphatic imine (C=N–C) groups is 1. The summed E-state index contributed by atoms with van der Waals surface area (Å²) < 4.78 is 2.14. The molecule has 0 radical (unpaired) electrons. The van der Waals surface area contributed by atoms with Crippen LogP contribution in [0.15, 0.2) is 52.6 Å². The van der Waals surface area contributed by atoms with Crippen molar-refractivity contribution in [2.24, 2.45) is 10.1 Å². The van der Waals surface area contributed by atoms with Crippen LogP contribution in [-0.2, 0) is 5.54 Å². The van der Waals surface area contributed by atoms with Gasteiger partial charge in [-0.15, -0.1) is 10.2 Å². The number of benzene rings is 2. The van der Waals surface area contributed by atoms with Gasteiger partial charge in [0.25, 0.3) is 0 Å². The van der Waals surface area contributed by atoms with Crippen LogP contribution in [-0.4, -0.2) is 27.0 Å². The van der Waals surface area contributed by atoms with E-state index in [1.54, 1.807) is 0 Å². The maximum absolute atomic E-state index is 8.36. The second kappa shape index (κ2) is 8.74. The molecule has 1 aliphatic carbocycles. The molecule has 1 spiro atoms. The van der Waals surface area contributed by atoms with Crippen molar-refractivity contribution >= 4 is 17.3 Å². The fraction of sp³-hybridized carbons (Fsp3) is 0.320. The Balaban J connectivity index is 1.56. The van der Waals surface area contributed by atoms with Crippen LogP contribution in [0.1, 0.15) is 60.4 Å².